The van der Waals surface area contributed by atoms with Crippen molar-refractivity contribution in [2.45, 2.75) is 20.5 Å². The highest BCUT2D eigenvalue weighted by Gasteiger charge is 2.08. The molecule has 2 aromatic heterocycles. The fourth-order valence-corrected chi connectivity index (χ4v) is 1.98. The van der Waals surface area contributed by atoms with Crippen LogP contribution in [0.1, 0.15) is 18.7 Å². The third kappa shape index (κ3) is 4.06. The van der Waals surface area contributed by atoms with Crippen molar-refractivity contribution in [3.63, 3.8) is 0 Å². The number of aromatic nitrogens is 3. The molecule has 0 radical (unpaired) electrons. The molecule has 0 bridgehead atoms. The molecule has 0 saturated heterocycles. The molecule has 0 aliphatic carbocycles. The smallest absolute Gasteiger partial charge is 0.324 e. The van der Waals surface area contributed by atoms with E-state index in [1.807, 2.05) is 31.4 Å². The van der Waals surface area contributed by atoms with Gasteiger partial charge in [-0.3, -0.25) is 0 Å². The Balaban J connectivity index is 2.08. The Morgan fingerprint density at radius 2 is 1.95 bits per heavy atom. The Morgan fingerprint density at radius 1 is 1.16 bits per heavy atom. The first-order valence-electron chi connectivity index (χ1n) is 6.09. The number of hydrogen-bond acceptors (Lipinski definition) is 7. The molecule has 102 valence electrons. The number of nitrogens with one attached hydrogen (secondary N) is 1. The lowest BCUT2D eigenvalue weighted by Gasteiger charge is -2.08. The van der Waals surface area contributed by atoms with Gasteiger partial charge in [0.05, 0.1) is 6.61 Å². The molecule has 1 N–H and O–H groups in total. The summed E-state index contributed by atoms with van der Waals surface area (Å²) in [4.78, 5) is 13.5. The summed E-state index contributed by atoms with van der Waals surface area (Å²) < 4.78 is 10.8. The maximum absolute atomic E-state index is 5.55. The molecule has 0 amide bonds. The standard InChI is InChI=1S/C12H16N4O2S/c1-3-13-10-14-11(17-4-2)16-12(15-10)18-8-9-6-5-7-19-9/h5-7H,3-4,8H2,1-2H3,(H,13,14,15,16). The summed E-state index contributed by atoms with van der Waals surface area (Å²) in [6.07, 6.45) is 0. The van der Waals surface area contributed by atoms with E-state index in [2.05, 4.69) is 20.3 Å². The van der Waals surface area contributed by atoms with Crippen LogP contribution in [-0.4, -0.2) is 28.1 Å². The summed E-state index contributed by atoms with van der Waals surface area (Å²) in [7, 11) is 0. The molecule has 0 spiro atoms. The maximum Gasteiger partial charge on any atom is 0.324 e. The van der Waals surface area contributed by atoms with Gasteiger partial charge in [-0.25, -0.2) is 0 Å². The average Bonchev–Trinajstić information content (AvgIpc) is 2.90. The van der Waals surface area contributed by atoms with Crippen molar-refractivity contribution < 1.29 is 9.47 Å². The second-order valence-electron chi connectivity index (χ2n) is 3.56. The van der Waals surface area contributed by atoms with Gasteiger partial charge >= 0.3 is 12.0 Å². The van der Waals surface area contributed by atoms with Crippen LogP contribution in [0.3, 0.4) is 0 Å². The third-order valence-corrected chi connectivity index (χ3v) is 2.98. The second-order valence-corrected chi connectivity index (χ2v) is 4.59. The van der Waals surface area contributed by atoms with E-state index in [0.717, 1.165) is 11.4 Å². The molecule has 2 aromatic rings. The summed E-state index contributed by atoms with van der Waals surface area (Å²) in [6.45, 7) is 5.51. The fourth-order valence-electron chi connectivity index (χ4n) is 1.36. The van der Waals surface area contributed by atoms with Crippen molar-refractivity contribution in [1.29, 1.82) is 0 Å². The molecular weight excluding hydrogens is 264 g/mol. The van der Waals surface area contributed by atoms with Gasteiger partial charge in [0.25, 0.3) is 0 Å². The van der Waals surface area contributed by atoms with Gasteiger partial charge in [-0.2, -0.15) is 9.97 Å². The SMILES string of the molecule is CCNc1nc(OCC)nc(OCc2cccs2)n1. The highest BCUT2D eigenvalue weighted by Crippen LogP contribution is 2.16. The van der Waals surface area contributed by atoms with Crippen LogP contribution in [0.25, 0.3) is 0 Å². The predicted octanol–water partition coefficient (Wildman–Crippen LogP) is 2.34. The molecule has 0 aliphatic rings. The van der Waals surface area contributed by atoms with Gasteiger partial charge in [0.15, 0.2) is 0 Å². The van der Waals surface area contributed by atoms with Crippen molar-refractivity contribution in [1.82, 2.24) is 15.0 Å². The van der Waals surface area contributed by atoms with Gasteiger partial charge in [0.1, 0.15) is 6.61 Å². The van der Waals surface area contributed by atoms with Crippen LogP contribution in [0.15, 0.2) is 17.5 Å². The first-order valence-corrected chi connectivity index (χ1v) is 6.97. The Hall–Kier alpha value is -1.89. The van der Waals surface area contributed by atoms with E-state index in [9.17, 15) is 0 Å². The van der Waals surface area contributed by atoms with E-state index in [1.54, 1.807) is 11.3 Å². The molecule has 0 atom stereocenters. The first kappa shape index (κ1) is 13.5. The molecule has 19 heavy (non-hydrogen) atoms. The number of anilines is 1. The molecule has 0 aliphatic heterocycles. The highest BCUT2D eigenvalue weighted by atomic mass is 32.1. The molecule has 0 aromatic carbocycles. The van der Waals surface area contributed by atoms with E-state index in [-0.39, 0.29) is 12.0 Å². The molecule has 0 fully saturated rings. The lowest BCUT2D eigenvalue weighted by Crippen LogP contribution is -2.08. The monoisotopic (exact) mass is 280 g/mol. The van der Waals surface area contributed by atoms with Crippen LogP contribution < -0.4 is 14.8 Å². The second kappa shape index (κ2) is 6.89. The summed E-state index contributed by atoms with van der Waals surface area (Å²) in [6, 6.07) is 4.52. The topological polar surface area (TPSA) is 69.2 Å². The van der Waals surface area contributed by atoms with Crippen LogP contribution in [0.2, 0.25) is 0 Å². The summed E-state index contributed by atoms with van der Waals surface area (Å²) >= 11 is 1.63. The zero-order chi connectivity index (χ0) is 13.5. The first-order chi connectivity index (χ1) is 9.31. The minimum atomic E-state index is 0.266. The minimum Gasteiger partial charge on any atom is -0.464 e. The Bertz CT molecular complexity index is 480. The largest absolute Gasteiger partial charge is 0.464 e. The summed E-state index contributed by atoms with van der Waals surface area (Å²) in [5.41, 5.74) is 0. The van der Waals surface area contributed by atoms with Crippen LogP contribution in [0.4, 0.5) is 5.95 Å². The summed E-state index contributed by atoms with van der Waals surface area (Å²) in [5, 5.41) is 5.02. The minimum absolute atomic E-state index is 0.266. The van der Waals surface area contributed by atoms with E-state index >= 15 is 0 Å². The molecule has 0 unspecified atom stereocenters. The Kier molecular flexibility index (Phi) is 4.91. The van der Waals surface area contributed by atoms with Gasteiger partial charge in [-0.1, -0.05) is 6.07 Å². The number of hydrogen-bond donors (Lipinski definition) is 1. The van der Waals surface area contributed by atoms with E-state index < -0.39 is 0 Å². The van der Waals surface area contributed by atoms with Crippen molar-refractivity contribution in [2.75, 3.05) is 18.5 Å². The molecule has 0 saturated carbocycles. The lowest BCUT2D eigenvalue weighted by atomic mass is 10.5. The third-order valence-electron chi connectivity index (χ3n) is 2.13. The van der Waals surface area contributed by atoms with Crippen molar-refractivity contribution in [3.8, 4) is 12.0 Å². The molecular formula is C12H16N4O2S. The number of ether oxygens (including phenoxy) is 2. The van der Waals surface area contributed by atoms with Crippen molar-refractivity contribution in [2.24, 2.45) is 0 Å². The van der Waals surface area contributed by atoms with E-state index in [4.69, 9.17) is 9.47 Å². The van der Waals surface area contributed by atoms with E-state index in [1.165, 1.54) is 0 Å². The van der Waals surface area contributed by atoms with Gasteiger partial charge < -0.3 is 14.8 Å². The van der Waals surface area contributed by atoms with Crippen LogP contribution in [0.5, 0.6) is 12.0 Å². The maximum atomic E-state index is 5.55. The zero-order valence-electron chi connectivity index (χ0n) is 10.9. The lowest BCUT2D eigenvalue weighted by molar-refractivity contribution is 0.264. The summed E-state index contributed by atoms with van der Waals surface area (Å²) in [5.74, 6) is 0.460. The van der Waals surface area contributed by atoms with Gasteiger partial charge in [0, 0.05) is 11.4 Å². The van der Waals surface area contributed by atoms with Crippen LogP contribution in [-0.2, 0) is 6.61 Å². The van der Waals surface area contributed by atoms with Crippen molar-refractivity contribution in [3.05, 3.63) is 22.4 Å². The Labute approximate surface area is 115 Å². The van der Waals surface area contributed by atoms with Crippen molar-refractivity contribution >= 4 is 17.3 Å². The van der Waals surface area contributed by atoms with Crippen LogP contribution in [0, 0.1) is 0 Å². The number of nitrogens with zero attached hydrogens (tertiary/aromatic N) is 3. The molecule has 6 nitrogen and oxygen atoms in total. The average molecular weight is 280 g/mol. The fraction of sp³-hybridized carbons (Fsp3) is 0.417. The normalized spacial score (nSPS) is 10.2. The molecule has 7 heteroatoms. The predicted molar refractivity (Wildman–Crippen MR) is 73.8 cm³/mol. The van der Waals surface area contributed by atoms with Gasteiger partial charge in [-0.05, 0) is 25.3 Å². The van der Waals surface area contributed by atoms with Crippen LogP contribution >= 0.6 is 11.3 Å². The molecule has 2 rings (SSSR count). The number of rotatable bonds is 7. The Morgan fingerprint density at radius 3 is 2.58 bits per heavy atom. The van der Waals surface area contributed by atoms with Gasteiger partial charge in [-0.15, -0.1) is 16.3 Å². The number of thiophene rings is 1. The quantitative estimate of drug-likeness (QED) is 0.839. The molecule has 2 heterocycles. The van der Waals surface area contributed by atoms with Gasteiger partial charge in [0.2, 0.25) is 5.95 Å². The zero-order valence-corrected chi connectivity index (χ0v) is 11.7. The highest BCUT2D eigenvalue weighted by molar-refractivity contribution is 7.09. The van der Waals surface area contributed by atoms with E-state index in [0.29, 0.717) is 19.2 Å².